The molecule has 20 heavy (non-hydrogen) atoms. The van der Waals surface area contributed by atoms with Gasteiger partial charge in [-0.2, -0.15) is 0 Å². The minimum Gasteiger partial charge on any atom is -0.493 e. The summed E-state index contributed by atoms with van der Waals surface area (Å²) >= 11 is 0. The van der Waals surface area contributed by atoms with Crippen LogP contribution in [0.5, 0.6) is 5.75 Å². The molecule has 2 aromatic rings. The van der Waals surface area contributed by atoms with Gasteiger partial charge in [0.2, 0.25) is 0 Å². The molecule has 0 unspecified atom stereocenters. The van der Waals surface area contributed by atoms with E-state index in [4.69, 9.17) is 4.74 Å². The quantitative estimate of drug-likeness (QED) is 0.801. The third-order valence-electron chi connectivity index (χ3n) is 3.04. The van der Waals surface area contributed by atoms with Gasteiger partial charge < -0.3 is 9.84 Å². The molecule has 0 heterocycles. The van der Waals surface area contributed by atoms with Crippen molar-refractivity contribution < 1.29 is 9.84 Å². The van der Waals surface area contributed by atoms with E-state index in [1.165, 1.54) is 5.56 Å². The first-order chi connectivity index (χ1) is 9.79. The summed E-state index contributed by atoms with van der Waals surface area (Å²) in [5.41, 5.74) is 2.31. The Kier molecular flexibility index (Phi) is 5.39. The Hall–Kier alpha value is -2.06. The summed E-state index contributed by atoms with van der Waals surface area (Å²) in [4.78, 5) is 0. The van der Waals surface area contributed by atoms with Crippen LogP contribution in [0.2, 0.25) is 0 Å². The van der Waals surface area contributed by atoms with Crippen LogP contribution in [-0.4, -0.2) is 17.8 Å². The molecular weight excluding hydrogens is 248 g/mol. The van der Waals surface area contributed by atoms with Crippen LogP contribution in [0.3, 0.4) is 0 Å². The van der Waals surface area contributed by atoms with Crippen LogP contribution in [-0.2, 0) is 0 Å². The Morgan fingerprint density at radius 1 is 1.05 bits per heavy atom. The van der Waals surface area contributed by atoms with Gasteiger partial charge in [0.25, 0.3) is 0 Å². The normalized spacial score (nSPS) is 12.5. The van der Waals surface area contributed by atoms with E-state index in [-0.39, 0.29) is 0 Å². The monoisotopic (exact) mass is 268 g/mol. The Bertz CT molecular complexity index is 546. The lowest BCUT2D eigenvalue weighted by Gasteiger charge is -2.10. The lowest BCUT2D eigenvalue weighted by atomic mass is 10.1. The van der Waals surface area contributed by atoms with Crippen LogP contribution in [0.1, 0.15) is 13.3 Å². The molecule has 2 rings (SSSR count). The second kappa shape index (κ2) is 7.51. The SMILES string of the molecule is C/C=C/[C@@H](O)CCOc1cccc(-c2ccccc2)c1. The number of allylic oxidation sites excluding steroid dienone is 1. The summed E-state index contributed by atoms with van der Waals surface area (Å²) in [7, 11) is 0. The second-order valence-electron chi connectivity index (χ2n) is 4.62. The molecule has 0 spiro atoms. The molecule has 104 valence electrons. The average Bonchev–Trinajstić information content (AvgIpc) is 2.49. The first-order valence-corrected chi connectivity index (χ1v) is 6.89. The number of benzene rings is 2. The van der Waals surface area contributed by atoms with Crippen molar-refractivity contribution in [3.05, 3.63) is 66.7 Å². The van der Waals surface area contributed by atoms with Crippen molar-refractivity contribution in [3.8, 4) is 16.9 Å². The smallest absolute Gasteiger partial charge is 0.119 e. The van der Waals surface area contributed by atoms with Gasteiger partial charge in [-0.25, -0.2) is 0 Å². The third kappa shape index (κ3) is 4.25. The second-order valence-corrected chi connectivity index (χ2v) is 4.62. The van der Waals surface area contributed by atoms with Crippen molar-refractivity contribution in [1.82, 2.24) is 0 Å². The summed E-state index contributed by atoms with van der Waals surface area (Å²) in [5, 5.41) is 9.59. The summed E-state index contributed by atoms with van der Waals surface area (Å²) < 4.78 is 5.69. The minimum absolute atomic E-state index is 0.433. The van der Waals surface area contributed by atoms with Crippen LogP contribution < -0.4 is 4.74 Å². The minimum atomic E-state index is -0.433. The van der Waals surface area contributed by atoms with E-state index in [0.29, 0.717) is 13.0 Å². The molecular formula is C18H20O2. The molecule has 2 heteroatoms. The summed E-state index contributed by atoms with van der Waals surface area (Å²) in [5.74, 6) is 0.832. The largest absolute Gasteiger partial charge is 0.493 e. The maximum Gasteiger partial charge on any atom is 0.119 e. The molecule has 0 amide bonds. The van der Waals surface area contributed by atoms with Gasteiger partial charge >= 0.3 is 0 Å². The highest BCUT2D eigenvalue weighted by Gasteiger charge is 2.02. The van der Waals surface area contributed by atoms with E-state index in [0.717, 1.165) is 11.3 Å². The van der Waals surface area contributed by atoms with E-state index in [9.17, 15) is 5.11 Å². The lowest BCUT2D eigenvalue weighted by Crippen LogP contribution is -2.08. The Balaban J connectivity index is 1.97. The van der Waals surface area contributed by atoms with Crippen LogP contribution in [0, 0.1) is 0 Å². The van der Waals surface area contributed by atoms with Crippen molar-refractivity contribution in [3.63, 3.8) is 0 Å². The zero-order chi connectivity index (χ0) is 14.2. The number of rotatable bonds is 6. The fourth-order valence-electron chi connectivity index (χ4n) is 2.01. The van der Waals surface area contributed by atoms with E-state index >= 15 is 0 Å². The zero-order valence-electron chi connectivity index (χ0n) is 11.7. The average molecular weight is 268 g/mol. The highest BCUT2D eigenvalue weighted by Crippen LogP contribution is 2.23. The standard InChI is InChI=1S/C18H20O2/c1-2-7-17(19)12-13-20-18-11-6-10-16(14-18)15-8-4-3-5-9-15/h2-11,14,17,19H,12-13H2,1H3/b7-2+/t17-/m1/s1. The van der Waals surface area contributed by atoms with E-state index in [1.54, 1.807) is 6.08 Å². The van der Waals surface area contributed by atoms with Crippen LogP contribution in [0.25, 0.3) is 11.1 Å². The fourth-order valence-corrected chi connectivity index (χ4v) is 2.01. The first-order valence-electron chi connectivity index (χ1n) is 6.89. The molecule has 0 saturated carbocycles. The molecule has 1 N–H and O–H groups in total. The van der Waals surface area contributed by atoms with Crippen LogP contribution in [0.4, 0.5) is 0 Å². The molecule has 0 bridgehead atoms. The van der Waals surface area contributed by atoms with Crippen LogP contribution in [0.15, 0.2) is 66.7 Å². The van der Waals surface area contributed by atoms with Gasteiger partial charge in [0.05, 0.1) is 12.7 Å². The molecule has 0 radical (unpaired) electrons. The van der Waals surface area contributed by atoms with E-state index < -0.39 is 6.10 Å². The van der Waals surface area contributed by atoms with Crippen molar-refractivity contribution >= 4 is 0 Å². The van der Waals surface area contributed by atoms with Gasteiger partial charge in [0.1, 0.15) is 5.75 Å². The summed E-state index contributed by atoms with van der Waals surface area (Å²) in [6, 6.07) is 18.2. The molecule has 0 aromatic heterocycles. The predicted molar refractivity (Wildman–Crippen MR) is 82.8 cm³/mol. The van der Waals surface area contributed by atoms with E-state index in [1.807, 2.05) is 49.4 Å². The van der Waals surface area contributed by atoms with Crippen molar-refractivity contribution in [2.75, 3.05) is 6.61 Å². The number of hydrogen-bond donors (Lipinski definition) is 1. The van der Waals surface area contributed by atoms with Gasteiger partial charge in [-0.1, -0.05) is 54.6 Å². The molecule has 0 aliphatic carbocycles. The molecule has 2 aromatic carbocycles. The maximum atomic E-state index is 9.59. The number of hydrogen-bond acceptors (Lipinski definition) is 2. The molecule has 0 aliphatic rings. The number of aliphatic hydroxyl groups is 1. The van der Waals surface area contributed by atoms with Gasteiger partial charge in [-0.05, 0) is 30.2 Å². The lowest BCUT2D eigenvalue weighted by molar-refractivity contribution is 0.178. The van der Waals surface area contributed by atoms with Gasteiger partial charge in [0.15, 0.2) is 0 Å². The Labute approximate surface area is 120 Å². The van der Waals surface area contributed by atoms with Gasteiger partial charge in [-0.15, -0.1) is 0 Å². The zero-order valence-corrected chi connectivity index (χ0v) is 11.7. The predicted octanol–water partition coefficient (Wildman–Crippen LogP) is 4.06. The van der Waals surface area contributed by atoms with Gasteiger partial charge in [0, 0.05) is 6.42 Å². The maximum absolute atomic E-state index is 9.59. The summed E-state index contributed by atoms with van der Waals surface area (Å²) in [6.07, 6.45) is 3.78. The molecule has 0 saturated heterocycles. The molecule has 2 nitrogen and oxygen atoms in total. The van der Waals surface area contributed by atoms with Crippen molar-refractivity contribution in [2.24, 2.45) is 0 Å². The Morgan fingerprint density at radius 3 is 2.55 bits per heavy atom. The first kappa shape index (κ1) is 14.4. The summed E-state index contributed by atoms with van der Waals surface area (Å²) in [6.45, 7) is 2.40. The molecule has 0 aliphatic heterocycles. The Morgan fingerprint density at radius 2 is 1.80 bits per heavy atom. The fraction of sp³-hybridized carbons (Fsp3) is 0.222. The highest BCUT2D eigenvalue weighted by atomic mass is 16.5. The van der Waals surface area contributed by atoms with E-state index in [2.05, 4.69) is 18.2 Å². The third-order valence-corrected chi connectivity index (χ3v) is 3.04. The molecule has 1 atom stereocenters. The highest BCUT2D eigenvalue weighted by molar-refractivity contribution is 5.64. The molecule has 0 fully saturated rings. The van der Waals surface area contributed by atoms with Crippen molar-refractivity contribution in [1.29, 1.82) is 0 Å². The van der Waals surface area contributed by atoms with Crippen molar-refractivity contribution in [2.45, 2.75) is 19.4 Å². The van der Waals surface area contributed by atoms with Gasteiger partial charge in [-0.3, -0.25) is 0 Å². The van der Waals surface area contributed by atoms with Crippen LogP contribution >= 0.6 is 0 Å². The topological polar surface area (TPSA) is 29.5 Å². The number of aliphatic hydroxyl groups excluding tert-OH is 1. The number of ether oxygens (including phenoxy) is 1.